The molecule has 28 heavy (non-hydrogen) atoms. The quantitative estimate of drug-likeness (QED) is 0.476. The molecule has 0 fully saturated rings. The highest BCUT2D eigenvalue weighted by atomic mass is 19.4. The van der Waals surface area contributed by atoms with Gasteiger partial charge >= 0.3 is 12.1 Å². The number of carboxylic acids is 1. The zero-order valence-electron chi connectivity index (χ0n) is 14.5. The number of carbonyl (C=O) groups excluding carboxylic acids is 3. The normalized spacial score (nSPS) is 10.4. The molecule has 0 aliphatic rings. The van der Waals surface area contributed by atoms with Crippen LogP contribution in [0.15, 0.2) is 36.9 Å². The number of carbonyl (C=O) groups is 3. The highest BCUT2D eigenvalue weighted by Gasteiger charge is 2.28. The van der Waals surface area contributed by atoms with Gasteiger partial charge in [0.25, 0.3) is 0 Å². The Morgan fingerprint density at radius 1 is 1.18 bits per heavy atom. The largest absolute Gasteiger partial charge is 0.542 e. The van der Waals surface area contributed by atoms with Crippen LogP contribution in [0.5, 0.6) is 0 Å². The SMILES string of the molecule is COC(=O)CCC(=O)C[n+]1ccc(-c2ncccn2)cn1.O=C([O-])C(F)(F)F. The minimum absolute atomic E-state index is 0.0818. The molecule has 2 aromatic rings. The molecule has 0 radical (unpaired) electrons. The predicted molar refractivity (Wildman–Crippen MR) is 82.8 cm³/mol. The topological polar surface area (TPSA) is 126 Å². The van der Waals surface area contributed by atoms with Crippen molar-refractivity contribution in [1.29, 1.82) is 0 Å². The number of rotatable bonds is 6. The van der Waals surface area contributed by atoms with Gasteiger partial charge in [0.1, 0.15) is 12.2 Å². The molecule has 0 amide bonds. The third kappa shape index (κ3) is 8.29. The predicted octanol–water partition coefficient (Wildman–Crippen LogP) is -0.353. The first-order chi connectivity index (χ1) is 13.1. The molecule has 0 saturated heterocycles. The first-order valence-electron chi connectivity index (χ1n) is 7.63. The molecule has 9 nitrogen and oxygen atoms in total. The Morgan fingerprint density at radius 2 is 1.79 bits per heavy atom. The smallest absolute Gasteiger partial charge is 0.430 e. The lowest BCUT2D eigenvalue weighted by atomic mass is 10.2. The van der Waals surface area contributed by atoms with E-state index >= 15 is 0 Å². The lowest BCUT2D eigenvalue weighted by Crippen LogP contribution is -2.41. The van der Waals surface area contributed by atoms with Crippen molar-refractivity contribution in [2.24, 2.45) is 0 Å². The molecule has 12 heteroatoms. The molecule has 2 heterocycles. The van der Waals surface area contributed by atoms with E-state index < -0.39 is 18.1 Å². The van der Waals surface area contributed by atoms with Crippen molar-refractivity contribution in [3.8, 4) is 11.4 Å². The zero-order valence-corrected chi connectivity index (χ0v) is 14.5. The maximum atomic E-state index is 11.7. The number of hydrogen-bond acceptors (Lipinski definition) is 8. The summed E-state index contributed by atoms with van der Waals surface area (Å²) in [5, 5.41) is 12.9. The molecule has 150 valence electrons. The van der Waals surface area contributed by atoms with Gasteiger partial charge in [-0.15, -0.1) is 0 Å². The number of carboxylic acid groups (broad SMARTS) is 1. The van der Waals surface area contributed by atoms with Gasteiger partial charge in [0.2, 0.25) is 12.3 Å². The summed E-state index contributed by atoms with van der Waals surface area (Å²) in [6, 6.07) is 3.52. The third-order valence-corrected chi connectivity index (χ3v) is 3.00. The molecule has 0 aromatic carbocycles. The summed E-state index contributed by atoms with van der Waals surface area (Å²) in [6.07, 6.45) is 1.63. The minimum Gasteiger partial charge on any atom is -0.542 e. The van der Waals surface area contributed by atoms with E-state index in [2.05, 4.69) is 19.8 Å². The molecule has 0 atom stereocenters. The van der Waals surface area contributed by atoms with Crippen LogP contribution in [0.2, 0.25) is 0 Å². The van der Waals surface area contributed by atoms with Gasteiger partial charge in [-0.1, -0.05) is 4.68 Å². The van der Waals surface area contributed by atoms with Gasteiger partial charge in [0, 0.05) is 30.4 Å². The summed E-state index contributed by atoms with van der Waals surface area (Å²) < 4.78 is 37.5. The maximum absolute atomic E-state index is 11.7. The molecule has 0 unspecified atom stereocenters. The number of esters is 1. The van der Waals surface area contributed by atoms with Crippen LogP contribution < -0.4 is 9.79 Å². The van der Waals surface area contributed by atoms with Gasteiger partial charge in [0.15, 0.2) is 12.0 Å². The van der Waals surface area contributed by atoms with E-state index in [0.717, 1.165) is 5.56 Å². The van der Waals surface area contributed by atoms with Crippen LogP contribution in [0.4, 0.5) is 13.2 Å². The fourth-order valence-corrected chi connectivity index (χ4v) is 1.66. The summed E-state index contributed by atoms with van der Waals surface area (Å²) >= 11 is 0. The summed E-state index contributed by atoms with van der Waals surface area (Å²) in [5.41, 5.74) is 0.772. The first kappa shape index (κ1) is 22.6. The Morgan fingerprint density at radius 3 is 2.25 bits per heavy atom. The molecule has 0 bridgehead atoms. The summed E-state index contributed by atoms with van der Waals surface area (Å²) in [5.74, 6) is -2.90. The molecule has 2 aromatic heterocycles. The van der Waals surface area contributed by atoms with E-state index in [1.54, 1.807) is 36.9 Å². The highest BCUT2D eigenvalue weighted by Crippen LogP contribution is 2.11. The van der Waals surface area contributed by atoms with E-state index in [1.165, 1.54) is 11.8 Å². The Kier molecular flexibility index (Phi) is 8.59. The van der Waals surface area contributed by atoms with Gasteiger partial charge in [-0.25, -0.2) is 9.97 Å². The number of alkyl halides is 3. The van der Waals surface area contributed by atoms with Crippen molar-refractivity contribution < 1.29 is 42.1 Å². The number of nitrogens with zero attached hydrogens (tertiary/aromatic N) is 4. The molecule has 2 rings (SSSR count). The number of halogens is 3. The Balaban J connectivity index is 0.000000480. The van der Waals surface area contributed by atoms with Crippen molar-refractivity contribution in [3.05, 3.63) is 36.9 Å². The van der Waals surface area contributed by atoms with Crippen molar-refractivity contribution in [2.45, 2.75) is 25.6 Å². The average Bonchev–Trinajstić information content (AvgIpc) is 2.67. The van der Waals surface area contributed by atoms with Crippen LogP contribution in [-0.2, 0) is 25.7 Å². The van der Waals surface area contributed by atoms with Crippen LogP contribution in [0.3, 0.4) is 0 Å². The van der Waals surface area contributed by atoms with E-state index in [1.807, 2.05) is 0 Å². The number of hydrogen-bond donors (Lipinski definition) is 0. The first-order valence-corrected chi connectivity index (χ1v) is 7.63. The molecule has 0 saturated carbocycles. The minimum atomic E-state index is -5.19. The third-order valence-electron chi connectivity index (χ3n) is 3.00. The number of aliphatic carboxylic acids is 1. The molecular formula is C16H15F3N4O5. The monoisotopic (exact) mass is 400 g/mol. The van der Waals surface area contributed by atoms with E-state index in [-0.39, 0.29) is 25.2 Å². The average molecular weight is 400 g/mol. The number of methoxy groups -OCH3 is 1. The van der Waals surface area contributed by atoms with Gasteiger partial charge < -0.3 is 14.6 Å². The van der Waals surface area contributed by atoms with Crippen molar-refractivity contribution >= 4 is 17.7 Å². The number of aromatic nitrogens is 4. The van der Waals surface area contributed by atoms with Crippen LogP contribution >= 0.6 is 0 Å². The Bertz CT molecular complexity index is 798. The summed E-state index contributed by atoms with van der Waals surface area (Å²) in [7, 11) is 1.30. The van der Waals surface area contributed by atoms with Crippen LogP contribution in [0.25, 0.3) is 11.4 Å². The molecule has 0 aliphatic carbocycles. The fourth-order valence-electron chi connectivity index (χ4n) is 1.66. The van der Waals surface area contributed by atoms with E-state index in [9.17, 15) is 22.8 Å². The summed E-state index contributed by atoms with van der Waals surface area (Å²) in [6.45, 7) is 0.118. The fraction of sp³-hybridized carbons (Fsp3) is 0.312. The molecule has 0 aliphatic heterocycles. The second kappa shape index (κ2) is 10.6. The van der Waals surface area contributed by atoms with E-state index in [4.69, 9.17) is 9.90 Å². The Hall–Kier alpha value is -3.44. The zero-order chi connectivity index (χ0) is 21.2. The van der Waals surface area contributed by atoms with Crippen molar-refractivity contribution in [3.63, 3.8) is 0 Å². The van der Waals surface area contributed by atoms with Gasteiger partial charge in [-0.2, -0.15) is 13.2 Å². The van der Waals surface area contributed by atoms with Crippen LogP contribution in [0, 0.1) is 0 Å². The number of ketones is 1. The molecule has 0 N–H and O–H groups in total. The lowest BCUT2D eigenvalue weighted by Gasteiger charge is -2.03. The molecule has 0 spiro atoms. The maximum Gasteiger partial charge on any atom is 0.430 e. The van der Waals surface area contributed by atoms with Crippen molar-refractivity contribution in [2.75, 3.05) is 7.11 Å². The lowest BCUT2D eigenvalue weighted by molar-refractivity contribution is -0.742. The number of ether oxygens (including phenoxy) is 1. The van der Waals surface area contributed by atoms with Gasteiger partial charge in [-0.3, -0.25) is 9.59 Å². The Labute approximate surface area is 156 Å². The second-order valence-electron chi connectivity index (χ2n) is 5.09. The van der Waals surface area contributed by atoms with E-state index in [0.29, 0.717) is 5.82 Å². The van der Waals surface area contributed by atoms with Crippen LogP contribution in [-0.4, -0.2) is 46.1 Å². The van der Waals surface area contributed by atoms with Crippen molar-refractivity contribution in [1.82, 2.24) is 15.1 Å². The summed E-state index contributed by atoms with van der Waals surface area (Å²) in [4.78, 5) is 39.7. The van der Waals surface area contributed by atoms with Crippen LogP contribution in [0.1, 0.15) is 12.8 Å². The number of Topliss-reactive ketones (excluding diaryl/α,β-unsaturated/α-hetero) is 1. The van der Waals surface area contributed by atoms with Gasteiger partial charge in [0.05, 0.1) is 13.5 Å². The van der Waals surface area contributed by atoms with Gasteiger partial charge in [-0.05, 0) is 11.2 Å². The molecular weight excluding hydrogens is 385 g/mol. The second-order valence-corrected chi connectivity index (χ2v) is 5.09. The highest BCUT2D eigenvalue weighted by molar-refractivity contribution is 5.81. The standard InChI is InChI=1S/C14H15N4O3.C2HF3O2/c1-21-13(20)4-3-12(19)10-18-8-5-11(9-17-18)14-15-6-2-7-16-14;3-2(4,5)1(6)7/h2,5-9H,3-4,10H2,1H3;(H,6,7)/q+1;/p-1.